The number of furan rings is 1. The van der Waals surface area contributed by atoms with Crippen LogP contribution in [0.25, 0.3) is 11.0 Å². The molecule has 0 aliphatic rings. The van der Waals surface area contributed by atoms with Gasteiger partial charge in [0.2, 0.25) is 0 Å². The summed E-state index contributed by atoms with van der Waals surface area (Å²) in [5.74, 6) is 1.70. The minimum Gasteiger partial charge on any atom is -0.497 e. The van der Waals surface area contributed by atoms with Crippen LogP contribution in [0.2, 0.25) is 0 Å². The zero-order valence-electron chi connectivity index (χ0n) is 15.2. The molecule has 2 heterocycles. The molecule has 136 valence electrons. The number of fused-ring (bicyclic) bond motifs is 1. The number of carbonyl (C=O) groups is 1. The number of allylic oxidation sites excluding steroid dienone is 1. The first-order chi connectivity index (χ1) is 12.5. The maximum atomic E-state index is 12.5. The molecule has 0 saturated carbocycles. The summed E-state index contributed by atoms with van der Waals surface area (Å²) in [6.07, 6.45) is 3.30. The van der Waals surface area contributed by atoms with Crippen molar-refractivity contribution in [1.29, 1.82) is 0 Å². The Labute approximate surface area is 152 Å². The molecule has 0 fully saturated rings. The Morgan fingerprint density at radius 2 is 2.23 bits per heavy atom. The third kappa shape index (κ3) is 3.35. The van der Waals surface area contributed by atoms with Gasteiger partial charge in [-0.25, -0.2) is 4.98 Å². The fourth-order valence-corrected chi connectivity index (χ4v) is 2.96. The van der Waals surface area contributed by atoms with Crippen molar-refractivity contribution in [1.82, 2.24) is 14.9 Å². The Kier molecular flexibility index (Phi) is 5.11. The van der Waals surface area contributed by atoms with E-state index >= 15 is 0 Å². The molecule has 1 N–H and O–H groups in total. The van der Waals surface area contributed by atoms with E-state index in [4.69, 9.17) is 14.1 Å². The van der Waals surface area contributed by atoms with Crippen molar-refractivity contribution in [2.45, 2.75) is 26.4 Å². The van der Waals surface area contributed by atoms with E-state index in [0.717, 1.165) is 22.6 Å². The van der Waals surface area contributed by atoms with Gasteiger partial charge in [-0.3, -0.25) is 4.79 Å². The van der Waals surface area contributed by atoms with Gasteiger partial charge >= 0.3 is 0 Å². The van der Waals surface area contributed by atoms with Crippen molar-refractivity contribution in [3.05, 3.63) is 60.8 Å². The van der Waals surface area contributed by atoms with E-state index in [2.05, 4.69) is 16.5 Å². The van der Waals surface area contributed by atoms with E-state index in [0.29, 0.717) is 6.54 Å². The van der Waals surface area contributed by atoms with Crippen LogP contribution in [-0.2, 0) is 6.54 Å². The van der Waals surface area contributed by atoms with Gasteiger partial charge in [0, 0.05) is 12.6 Å². The van der Waals surface area contributed by atoms with Gasteiger partial charge in [-0.1, -0.05) is 19.9 Å². The molecule has 0 aliphatic carbocycles. The summed E-state index contributed by atoms with van der Waals surface area (Å²) < 4.78 is 12.6. The molecule has 3 rings (SSSR count). The lowest BCUT2D eigenvalue weighted by Crippen LogP contribution is -2.33. The Balaban J connectivity index is 2.05. The van der Waals surface area contributed by atoms with Gasteiger partial charge in [0.05, 0.1) is 30.4 Å². The highest BCUT2D eigenvalue weighted by molar-refractivity contribution is 5.91. The van der Waals surface area contributed by atoms with Crippen LogP contribution in [0, 0.1) is 5.92 Å². The largest absolute Gasteiger partial charge is 0.497 e. The van der Waals surface area contributed by atoms with E-state index in [1.54, 1.807) is 19.2 Å². The summed E-state index contributed by atoms with van der Waals surface area (Å²) in [4.78, 5) is 17.3. The number of methoxy groups -OCH3 is 1. The highest BCUT2D eigenvalue weighted by atomic mass is 16.5. The standard InChI is InChI=1S/C20H23N3O3/c1-5-10-23-16-12-14(25-4)8-9-15(16)21-19(23)18(13(2)3)22-20(24)17-7-6-11-26-17/h5-9,11-13,18H,1,10H2,2-4H3,(H,22,24). The van der Waals surface area contributed by atoms with Gasteiger partial charge in [0.25, 0.3) is 5.91 Å². The lowest BCUT2D eigenvalue weighted by molar-refractivity contribution is 0.0894. The second-order valence-corrected chi connectivity index (χ2v) is 6.40. The van der Waals surface area contributed by atoms with E-state index < -0.39 is 0 Å². The number of rotatable bonds is 7. The predicted molar refractivity (Wildman–Crippen MR) is 100 cm³/mol. The van der Waals surface area contributed by atoms with Crippen LogP contribution in [0.15, 0.2) is 53.7 Å². The van der Waals surface area contributed by atoms with Crippen molar-refractivity contribution < 1.29 is 13.9 Å². The number of carbonyl (C=O) groups excluding carboxylic acids is 1. The molecular weight excluding hydrogens is 330 g/mol. The monoisotopic (exact) mass is 353 g/mol. The van der Waals surface area contributed by atoms with Gasteiger partial charge in [0.1, 0.15) is 11.6 Å². The molecule has 0 aliphatic heterocycles. The smallest absolute Gasteiger partial charge is 0.287 e. The average Bonchev–Trinajstić information content (AvgIpc) is 3.28. The third-order valence-corrected chi connectivity index (χ3v) is 4.27. The number of hydrogen-bond acceptors (Lipinski definition) is 4. The highest BCUT2D eigenvalue weighted by Gasteiger charge is 2.26. The van der Waals surface area contributed by atoms with Crippen LogP contribution in [-0.4, -0.2) is 22.6 Å². The van der Waals surface area contributed by atoms with Crippen LogP contribution >= 0.6 is 0 Å². The summed E-state index contributed by atoms with van der Waals surface area (Å²) in [5.41, 5.74) is 1.79. The second-order valence-electron chi connectivity index (χ2n) is 6.40. The van der Waals surface area contributed by atoms with E-state index in [1.807, 2.05) is 38.1 Å². The number of imidazole rings is 1. The summed E-state index contributed by atoms with van der Waals surface area (Å²) in [6, 6.07) is 8.81. The summed E-state index contributed by atoms with van der Waals surface area (Å²) in [6.45, 7) is 8.53. The van der Waals surface area contributed by atoms with Gasteiger partial charge in [-0.05, 0) is 30.2 Å². The lowest BCUT2D eigenvalue weighted by Gasteiger charge is -2.22. The molecule has 1 unspecified atom stereocenters. The molecule has 6 heteroatoms. The van der Waals surface area contributed by atoms with E-state index in [9.17, 15) is 4.79 Å². The first kappa shape index (κ1) is 17.8. The third-order valence-electron chi connectivity index (χ3n) is 4.27. The Hall–Kier alpha value is -3.02. The molecule has 1 atom stereocenters. The number of ether oxygens (including phenoxy) is 1. The summed E-state index contributed by atoms with van der Waals surface area (Å²) in [7, 11) is 1.64. The zero-order chi connectivity index (χ0) is 18.7. The van der Waals surface area contributed by atoms with Crippen LogP contribution in [0.1, 0.15) is 36.3 Å². The number of nitrogens with zero attached hydrogens (tertiary/aromatic N) is 2. The SMILES string of the molecule is C=CCn1c(C(NC(=O)c2ccco2)C(C)C)nc2ccc(OC)cc21. The van der Waals surface area contributed by atoms with Gasteiger partial charge in [-0.2, -0.15) is 0 Å². The number of benzene rings is 1. The normalized spacial score (nSPS) is 12.3. The fraction of sp³-hybridized carbons (Fsp3) is 0.300. The molecule has 0 bridgehead atoms. The fourth-order valence-electron chi connectivity index (χ4n) is 2.96. The van der Waals surface area contributed by atoms with Crippen molar-refractivity contribution in [2.75, 3.05) is 7.11 Å². The predicted octanol–water partition coefficient (Wildman–Crippen LogP) is 3.95. The molecular formula is C20H23N3O3. The maximum Gasteiger partial charge on any atom is 0.287 e. The Morgan fingerprint density at radius 1 is 1.42 bits per heavy atom. The van der Waals surface area contributed by atoms with E-state index in [-0.39, 0.29) is 23.6 Å². The molecule has 0 saturated heterocycles. The van der Waals surface area contributed by atoms with Crippen molar-refractivity contribution in [3.8, 4) is 5.75 Å². The molecule has 3 aromatic rings. The molecule has 0 spiro atoms. The molecule has 1 aromatic carbocycles. The quantitative estimate of drug-likeness (QED) is 0.653. The van der Waals surface area contributed by atoms with Crippen LogP contribution in [0.3, 0.4) is 0 Å². The second kappa shape index (κ2) is 7.47. The highest BCUT2D eigenvalue weighted by Crippen LogP contribution is 2.28. The van der Waals surface area contributed by atoms with Crippen molar-refractivity contribution in [2.24, 2.45) is 5.92 Å². The lowest BCUT2D eigenvalue weighted by atomic mass is 10.0. The van der Waals surface area contributed by atoms with Crippen molar-refractivity contribution in [3.63, 3.8) is 0 Å². The molecule has 1 amide bonds. The minimum atomic E-state index is -0.272. The Bertz CT molecular complexity index is 910. The number of nitrogens with one attached hydrogen (secondary N) is 1. The molecule has 2 aromatic heterocycles. The summed E-state index contributed by atoms with van der Waals surface area (Å²) >= 11 is 0. The average molecular weight is 353 g/mol. The van der Waals surface area contributed by atoms with Gasteiger partial charge in [0.15, 0.2) is 5.76 Å². The molecule has 6 nitrogen and oxygen atoms in total. The van der Waals surface area contributed by atoms with E-state index in [1.165, 1.54) is 6.26 Å². The Morgan fingerprint density at radius 3 is 2.85 bits per heavy atom. The first-order valence-electron chi connectivity index (χ1n) is 8.54. The van der Waals surface area contributed by atoms with Gasteiger partial charge < -0.3 is 19.0 Å². The zero-order valence-corrected chi connectivity index (χ0v) is 15.2. The summed E-state index contributed by atoms with van der Waals surface area (Å²) in [5, 5.41) is 3.04. The minimum absolute atomic E-state index is 0.135. The maximum absolute atomic E-state index is 12.5. The number of amides is 1. The molecule has 26 heavy (non-hydrogen) atoms. The topological polar surface area (TPSA) is 69.3 Å². The van der Waals surface area contributed by atoms with Gasteiger partial charge in [-0.15, -0.1) is 6.58 Å². The van der Waals surface area contributed by atoms with Crippen molar-refractivity contribution >= 4 is 16.9 Å². The molecule has 0 radical (unpaired) electrons. The van der Waals surface area contributed by atoms with Crippen LogP contribution in [0.5, 0.6) is 5.75 Å². The number of aromatic nitrogens is 2. The van der Waals surface area contributed by atoms with Crippen LogP contribution < -0.4 is 10.1 Å². The first-order valence-corrected chi connectivity index (χ1v) is 8.54. The van der Waals surface area contributed by atoms with Crippen LogP contribution in [0.4, 0.5) is 0 Å². The number of hydrogen-bond donors (Lipinski definition) is 1.